The lowest BCUT2D eigenvalue weighted by molar-refractivity contribution is -0.113. The van der Waals surface area contributed by atoms with Crippen molar-refractivity contribution in [2.24, 2.45) is 0 Å². The number of hydrogen-bond donors (Lipinski definition) is 3. The maximum Gasteiger partial charge on any atom is 0.325 e. The number of nitrogens with zero attached hydrogens (tertiary/aromatic N) is 2. The van der Waals surface area contributed by atoms with Gasteiger partial charge < -0.3 is 10.6 Å². The van der Waals surface area contributed by atoms with Gasteiger partial charge in [-0.1, -0.05) is 29.2 Å². The molecule has 0 aliphatic heterocycles. The van der Waals surface area contributed by atoms with E-state index in [1.807, 2.05) is 0 Å². The molecule has 0 saturated heterocycles. The average Bonchev–Trinajstić information content (AvgIpc) is 3.09. The highest BCUT2D eigenvalue weighted by atomic mass is 32.2. The number of aromatic nitrogens is 2. The predicted molar refractivity (Wildman–Crippen MR) is 105 cm³/mol. The fourth-order valence-electron chi connectivity index (χ4n) is 2.00. The average molecular weight is 421 g/mol. The molecular weight excluding hydrogens is 408 g/mol. The van der Waals surface area contributed by atoms with Gasteiger partial charge in [0.2, 0.25) is 11.0 Å². The van der Waals surface area contributed by atoms with Crippen LogP contribution in [0, 0.1) is 11.6 Å². The van der Waals surface area contributed by atoms with Gasteiger partial charge in [-0.05, 0) is 42.5 Å². The zero-order chi connectivity index (χ0) is 19.9. The molecule has 0 spiro atoms. The maximum absolute atomic E-state index is 13.1. The summed E-state index contributed by atoms with van der Waals surface area (Å²) in [4.78, 5) is 23.8. The highest BCUT2D eigenvalue weighted by Gasteiger charge is 2.11. The van der Waals surface area contributed by atoms with Crippen molar-refractivity contribution >= 4 is 51.5 Å². The number of rotatable bonds is 6. The number of urea groups is 1. The van der Waals surface area contributed by atoms with Gasteiger partial charge in [0.15, 0.2) is 4.34 Å². The van der Waals surface area contributed by atoms with Gasteiger partial charge in [-0.3, -0.25) is 10.1 Å². The minimum absolute atomic E-state index is 0.0485. The first kappa shape index (κ1) is 19.7. The van der Waals surface area contributed by atoms with Crippen molar-refractivity contribution in [3.05, 3.63) is 60.2 Å². The molecule has 0 aliphatic rings. The van der Waals surface area contributed by atoms with Crippen molar-refractivity contribution < 1.29 is 18.4 Å². The van der Waals surface area contributed by atoms with Crippen molar-refractivity contribution in [2.75, 3.05) is 21.7 Å². The molecule has 0 saturated carbocycles. The summed E-state index contributed by atoms with van der Waals surface area (Å²) in [6.45, 7) is 0. The van der Waals surface area contributed by atoms with E-state index in [9.17, 15) is 18.4 Å². The molecule has 144 valence electrons. The Morgan fingerprint density at radius 3 is 2.46 bits per heavy atom. The van der Waals surface area contributed by atoms with E-state index in [0.717, 1.165) is 23.1 Å². The lowest BCUT2D eigenvalue weighted by Crippen LogP contribution is -2.19. The molecule has 3 aromatic rings. The van der Waals surface area contributed by atoms with Gasteiger partial charge in [0.25, 0.3) is 0 Å². The summed E-state index contributed by atoms with van der Waals surface area (Å²) in [6.07, 6.45) is 0. The third-order valence-corrected chi connectivity index (χ3v) is 5.14. The number of carbonyl (C=O) groups is 2. The molecule has 3 rings (SSSR count). The fraction of sp³-hybridized carbons (Fsp3) is 0.0588. The third-order valence-electron chi connectivity index (χ3n) is 3.16. The van der Waals surface area contributed by atoms with Crippen LogP contribution in [0.1, 0.15) is 0 Å². The van der Waals surface area contributed by atoms with Gasteiger partial charge in [-0.2, -0.15) is 0 Å². The quantitative estimate of drug-likeness (QED) is 0.410. The number of thioether (sulfide) groups is 1. The Hall–Kier alpha value is -3.05. The second-order valence-corrected chi connectivity index (χ2v) is 7.51. The minimum Gasteiger partial charge on any atom is -0.325 e. The van der Waals surface area contributed by atoms with E-state index in [1.165, 1.54) is 42.5 Å². The van der Waals surface area contributed by atoms with Crippen LogP contribution >= 0.6 is 23.1 Å². The van der Waals surface area contributed by atoms with E-state index in [-0.39, 0.29) is 16.8 Å². The number of benzene rings is 2. The Labute approximate surface area is 166 Å². The van der Waals surface area contributed by atoms with E-state index in [0.29, 0.717) is 15.7 Å². The summed E-state index contributed by atoms with van der Waals surface area (Å²) in [5.74, 6) is -1.12. The molecule has 1 heterocycles. The van der Waals surface area contributed by atoms with Gasteiger partial charge in [-0.25, -0.2) is 13.6 Å². The smallest absolute Gasteiger partial charge is 0.325 e. The van der Waals surface area contributed by atoms with Gasteiger partial charge in [-0.15, -0.1) is 10.2 Å². The molecule has 11 heteroatoms. The molecule has 3 amide bonds. The molecule has 1 aromatic heterocycles. The molecule has 0 fully saturated rings. The number of hydrogen-bond acceptors (Lipinski definition) is 6. The number of carbonyl (C=O) groups excluding carboxylic acids is 2. The number of halogens is 2. The summed E-state index contributed by atoms with van der Waals surface area (Å²) >= 11 is 2.22. The molecule has 0 atom stereocenters. The van der Waals surface area contributed by atoms with Crippen LogP contribution in [0.4, 0.5) is 30.1 Å². The fourth-order valence-corrected chi connectivity index (χ4v) is 3.55. The van der Waals surface area contributed by atoms with Crippen LogP contribution in [0.15, 0.2) is 52.9 Å². The van der Waals surface area contributed by atoms with E-state index >= 15 is 0 Å². The molecule has 0 bridgehead atoms. The first-order valence-electron chi connectivity index (χ1n) is 7.83. The standard InChI is InChI=1S/C17H13F2N5O2S2/c18-10-4-6-12(7-5-10)21-15(26)22-16-23-24-17(28-16)27-9-14(25)20-13-3-1-2-11(19)8-13/h1-8H,9H2,(H,20,25)(H2,21,22,23,26). The maximum atomic E-state index is 13.1. The number of amides is 3. The highest BCUT2D eigenvalue weighted by molar-refractivity contribution is 8.01. The van der Waals surface area contributed by atoms with Crippen molar-refractivity contribution in [2.45, 2.75) is 4.34 Å². The summed E-state index contributed by atoms with van der Waals surface area (Å²) in [6, 6.07) is 10.3. The van der Waals surface area contributed by atoms with E-state index in [2.05, 4.69) is 26.1 Å². The Kier molecular flexibility index (Phi) is 6.50. The van der Waals surface area contributed by atoms with E-state index < -0.39 is 17.7 Å². The number of anilines is 3. The molecule has 7 nitrogen and oxygen atoms in total. The van der Waals surface area contributed by atoms with Crippen LogP contribution < -0.4 is 16.0 Å². The second-order valence-electron chi connectivity index (χ2n) is 5.31. The van der Waals surface area contributed by atoms with E-state index in [4.69, 9.17) is 0 Å². The van der Waals surface area contributed by atoms with Crippen LogP contribution in [0.5, 0.6) is 0 Å². The zero-order valence-corrected chi connectivity index (χ0v) is 15.7. The first-order valence-corrected chi connectivity index (χ1v) is 9.63. The Balaban J connectivity index is 1.46. The molecule has 28 heavy (non-hydrogen) atoms. The zero-order valence-electron chi connectivity index (χ0n) is 14.1. The van der Waals surface area contributed by atoms with Crippen molar-refractivity contribution in [1.29, 1.82) is 0 Å². The van der Waals surface area contributed by atoms with Gasteiger partial charge in [0, 0.05) is 11.4 Å². The second kappa shape index (κ2) is 9.24. The summed E-state index contributed by atoms with van der Waals surface area (Å²) in [7, 11) is 0. The SMILES string of the molecule is O=C(CSc1nnc(NC(=O)Nc2ccc(F)cc2)s1)Nc1cccc(F)c1. The lowest BCUT2D eigenvalue weighted by Gasteiger charge is -2.04. The van der Waals surface area contributed by atoms with E-state index in [1.54, 1.807) is 6.07 Å². The number of nitrogens with one attached hydrogen (secondary N) is 3. The Bertz CT molecular complexity index is 982. The molecule has 0 aliphatic carbocycles. The monoisotopic (exact) mass is 421 g/mol. The van der Waals surface area contributed by atoms with Gasteiger partial charge in [0.05, 0.1) is 5.75 Å². The third kappa shape index (κ3) is 5.99. The van der Waals surface area contributed by atoms with Crippen LogP contribution in [0.3, 0.4) is 0 Å². The topological polar surface area (TPSA) is 96.0 Å². The largest absolute Gasteiger partial charge is 0.325 e. The summed E-state index contributed by atoms with van der Waals surface area (Å²) in [5.41, 5.74) is 0.787. The molecule has 0 radical (unpaired) electrons. The van der Waals surface area contributed by atoms with Crippen LogP contribution in [0.25, 0.3) is 0 Å². The normalized spacial score (nSPS) is 10.4. The lowest BCUT2D eigenvalue weighted by atomic mass is 10.3. The first-order chi connectivity index (χ1) is 13.5. The van der Waals surface area contributed by atoms with Crippen molar-refractivity contribution in [3.8, 4) is 0 Å². The van der Waals surface area contributed by atoms with Gasteiger partial charge >= 0.3 is 6.03 Å². The summed E-state index contributed by atoms with van der Waals surface area (Å²) in [5, 5.41) is 15.6. The van der Waals surface area contributed by atoms with Crippen LogP contribution in [0.2, 0.25) is 0 Å². The van der Waals surface area contributed by atoms with Crippen molar-refractivity contribution in [1.82, 2.24) is 10.2 Å². The molecule has 0 unspecified atom stereocenters. The highest BCUT2D eigenvalue weighted by Crippen LogP contribution is 2.25. The Morgan fingerprint density at radius 2 is 1.71 bits per heavy atom. The van der Waals surface area contributed by atoms with Crippen molar-refractivity contribution in [3.63, 3.8) is 0 Å². The Morgan fingerprint density at radius 1 is 0.929 bits per heavy atom. The van der Waals surface area contributed by atoms with Gasteiger partial charge in [0.1, 0.15) is 11.6 Å². The molecule has 3 N–H and O–H groups in total. The molecular formula is C17H13F2N5O2S2. The van der Waals surface area contributed by atoms with Crippen LogP contribution in [-0.4, -0.2) is 27.9 Å². The van der Waals surface area contributed by atoms with Crippen LogP contribution in [-0.2, 0) is 4.79 Å². The molecule has 2 aromatic carbocycles. The summed E-state index contributed by atoms with van der Waals surface area (Å²) < 4.78 is 26.4. The minimum atomic E-state index is -0.553. The predicted octanol–water partition coefficient (Wildman–Crippen LogP) is 4.19.